The minimum absolute atomic E-state index is 0.179. The summed E-state index contributed by atoms with van der Waals surface area (Å²) in [5.74, 6) is 0.583. The fourth-order valence-corrected chi connectivity index (χ4v) is 3.74. The number of para-hydroxylation sites is 1. The predicted molar refractivity (Wildman–Crippen MR) is 95.6 cm³/mol. The molecule has 0 aliphatic heterocycles. The molecule has 0 saturated carbocycles. The summed E-state index contributed by atoms with van der Waals surface area (Å²) >= 11 is 4.96. The highest BCUT2D eigenvalue weighted by Gasteiger charge is 2.06. The van der Waals surface area contributed by atoms with Gasteiger partial charge >= 0.3 is 0 Å². The summed E-state index contributed by atoms with van der Waals surface area (Å²) in [6.45, 7) is 0.326. The van der Waals surface area contributed by atoms with Crippen molar-refractivity contribution in [2.45, 2.75) is 6.42 Å². The summed E-state index contributed by atoms with van der Waals surface area (Å²) < 4.78 is 9.57. The highest BCUT2D eigenvalue weighted by molar-refractivity contribution is 9.10. The lowest BCUT2D eigenvalue weighted by molar-refractivity contribution is -0.118. The molecule has 0 fully saturated rings. The van der Waals surface area contributed by atoms with Gasteiger partial charge in [0.05, 0.1) is 23.2 Å². The van der Waals surface area contributed by atoms with Crippen molar-refractivity contribution < 1.29 is 9.53 Å². The SMILES string of the molecule is Cn1c(=NC(=O)CCOc2ccccc2)sc2cc(Br)ccc21. The normalized spacial score (nSPS) is 11.8. The molecule has 6 heteroatoms. The number of ether oxygens (including phenoxy) is 1. The van der Waals surface area contributed by atoms with E-state index in [0.717, 1.165) is 20.4 Å². The van der Waals surface area contributed by atoms with Crippen LogP contribution in [0, 0.1) is 0 Å². The topological polar surface area (TPSA) is 43.6 Å². The maximum absolute atomic E-state index is 12.0. The first-order valence-electron chi connectivity index (χ1n) is 7.14. The molecule has 0 N–H and O–H groups in total. The highest BCUT2D eigenvalue weighted by Crippen LogP contribution is 2.21. The van der Waals surface area contributed by atoms with Crippen molar-refractivity contribution in [2.24, 2.45) is 12.0 Å². The van der Waals surface area contributed by atoms with Crippen LogP contribution < -0.4 is 9.54 Å². The molecule has 0 bridgehead atoms. The maximum Gasteiger partial charge on any atom is 0.251 e. The van der Waals surface area contributed by atoms with E-state index in [-0.39, 0.29) is 12.3 Å². The summed E-state index contributed by atoms with van der Waals surface area (Å²) in [5.41, 5.74) is 1.06. The third-order valence-electron chi connectivity index (χ3n) is 3.32. The molecule has 1 aromatic heterocycles. The smallest absolute Gasteiger partial charge is 0.251 e. The van der Waals surface area contributed by atoms with Gasteiger partial charge in [-0.1, -0.05) is 45.5 Å². The third-order valence-corrected chi connectivity index (χ3v) is 4.91. The lowest BCUT2D eigenvalue weighted by Crippen LogP contribution is -2.14. The van der Waals surface area contributed by atoms with E-state index >= 15 is 0 Å². The molecule has 118 valence electrons. The number of amides is 1. The number of rotatable bonds is 4. The monoisotopic (exact) mass is 390 g/mol. The van der Waals surface area contributed by atoms with E-state index in [1.165, 1.54) is 11.3 Å². The third kappa shape index (κ3) is 3.89. The quantitative estimate of drug-likeness (QED) is 0.677. The number of fused-ring (bicyclic) bond motifs is 1. The van der Waals surface area contributed by atoms with Gasteiger partial charge in [-0.2, -0.15) is 4.99 Å². The fourth-order valence-electron chi connectivity index (χ4n) is 2.15. The van der Waals surface area contributed by atoms with E-state index in [0.29, 0.717) is 11.4 Å². The molecular weight excluding hydrogens is 376 g/mol. The van der Waals surface area contributed by atoms with Gasteiger partial charge in [-0.25, -0.2) is 0 Å². The fraction of sp³-hybridized carbons (Fsp3) is 0.176. The van der Waals surface area contributed by atoms with Gasteiger partial charge in [0, 0.05) is 11.5 Å². The van der Waals surface area contributed by atoms with Crippen molar-refractivity contribution in [2.75, 3.05) is 6.61 Å². The maximum atomic E-state index is 12.0. The number of hydrogen-bond acceptors (Lipinski definition) is 3. The molecule has 3 aromatic rings. The van der Waals surface area contributed by atoms with Crippen LogP contribution in [0.25, 0.3) is 10.2 Å². The van der Waals surface area contributed by atoms with Crippen LogP contribution >= 0.6 is 27.3 Å². The molecule has 0 spiro atoms. The first-order valence-corrected chi connectivity index (χ1v) is 8.75. The standard InChI is InChI=1S/C17H15BrN2O2S/c1-20-14-8-7-12(18)11-15(14)23-17(20)19-16(21)9-10-22-13-5-3-2-4-6-13/h2-8,11H,9-10H2,1H3. The second-order valence-electron chi connectivity index (χ2n) is 4.97. The molecule has 23 heavy (non-hydrogen) atoms. The Morgan fingerprint density at radius 3 is 2.83 bits per heavy atom. The van der Waals surface area contributed by atoms with Crippen LogP contribution in [0.15, 0.2) is 58.0 Å². The lowest BCUT2D eigenvalue weighted by atomic mass is 10.3. The Bertz CT molecular complexity index is 900. The van der Waals surface area contributed by atoms with E-state index in [1.54, 1.807) is 0 Å². The number of carbonyl (C=O) groups is 1. The zero-order valence-electron chi connectivity index (χ0n) is 12.5. The van der Waals surface area contributed by atoms with Crippen LogP contribution in [-0.4, -0.2) is 17.1 Å². The average Bonchev–Trinajstić information content (AvgIpc) is 2.83. The number of halogens is 1. The largest absolute Gasteiger partial charge is 0.493 e. The highest BCUT2D eigenvalue weighted by atomic mass is 79.9. The summed E-state index contributed by atoms with van der Waals surface area (Å²) in [7, 11) is 1.92. The van der Waals surface area contributed by atoms with E-state index < -0.39 is 0 Å². The van der Waals surface area contributed by atoms with Crippen LogP contribution in [0.4, 0.5) is 0 Å². The summed E-state index contributed by atoms with van der Waals surface area (Å²) in [5, 5.41) is 0. The van der Waals surface area contributed by atoms with E-state index in [4.69, 9.17) is 4.74 Å². The number of benzene rings is 2. The molecule has 0 radical (unpaired) electrons. The van der Waals surface area contributed by atoms with E-state index in [2.05, 4.69) is 20.9 Å². The van der Waals surface area contributed by atoms with Crippen molar-refractivity contribution >= 4 is 43.4 Å². The molecule has 0 atom stereocenters. The average molecular weight is 391 g/mol. The number of carbonyl (C=O) groups excluding carboxylic acids is 1. The Morgan fingerprint density at radius 1 is 1.26 bits per heavy atom. The molecule has 2 aromatic carbocycles. The van der Waals surface area contributed by atoms with Gasteiger partial charge in [0.2, 0.25) is 0 Å². The van der Waals surface area contributed by atoms with Crippen LogP contribution in [0.1, 0.15) is 6.42 Å². The van der Waals surface area contributed by atoms with E-state index in [9.17, 15) is 4.79 Å². The van der Waals surface area contributed by atoms with Crippen molar-refractivity contribution in [3.8, 4) is 5.75 Å². The number of hydrogen-bond donors (Lipinski definition) is 0. The zero-order valence-corrected chi connectivity index (χ0v) is 14.9. The number of aromatic nitrogens is 1. The molecule has 1 amide bonds. The lowest BCUT2D eigenvalue weighted by Gasteiger charge is -2.03. The van der Waals surface area contributed by atoms with Gasteiger partial charge in [0.25, 0.3) is 5.91 Å². The Hall–Kier alpha value is -1.92. The molecule has 4 nitrogen and oxygen atoms in total. The first-order chi connectivity index (χ1) is 11.1. The Kier molecular flexibility index (Phi) is 4.93. The van der Waals surface area contributed by atoms with Crippen molar-refractivity contribution in [1.29, 1.82) is 0 Å². The second-order valence-corrected chi connectivity index (χ2v) is 6.90. The molecule has 1 heterocycles. The summed E-state index contributed by atoms with van der Waals surface area (Å²) in [6, 6.07) is 15.5. The minimum atomic E-state index is -0.179. The van der Waals surface area contributed by atoms with Crippen molar-refractivity contribution in [3.05, 3.63) is 57.8 Å². The molecule has 0 aliphatic rings. The zero-order chi connectivity index (χ0) is 16.2. The summed E-state index contributed by atoms with van der Waals surface area (Å²) in [6.07, 6.45) is 0.257. The van der Waals surface area contributed by atoms with Crippen LogP contribution in [0.3, 0.4) is 0 Å². The van der Waals surface area contributed by atoms with Gasteiger partial charge in [-0.05, 0) is 30.3 Å². The van der Waals surface area contributed by atoms with E-state index in [1.807, 2.05) is 60.1 Å². The van der Waals surface area contributed by atoms with Gasteiger partial charge in [-0.3, -0.25) is 4.79 Å². The second kappa shape index (κ2) is 7.10. The molecule has 3 rings (SSSR count). The molecular formula is C17H15BrN2O2S. The van der Waals surface area contributed by atoms with Crippen LogP contribution in [0.5, 0.6) is 5.75 Å². The van der Waals surface area contributed by atoms with Crippen LogP contribution in [-0.2, 0) is 11.8 Å². The van der Waals surface area contributed by atoms with Crippen molar-refractivity contribution in [1.82, 2.24) is 4.57 Å². The molecule has 0 aliphatic carbocycles. The van der Waals surface area contributed by atoms with Gasteiger partial charge in [0.15, 0.2) is 4.80 Å². The Morgan fingerprint density at radius 2 is 2.04 bits per heavy atom. The minimum Gasteiger partial charge on any atom is -0.493 e. The van der Waals surface area contributed by atoms with Crippen molar-refractivity contribution in [3.63, 3.8) is 0 Å². The number of thiazole rings is 1. The summed E-state index contributed by atoms with van der Waals surface area (Å²) in [4.78, 5) is 16.9. The van der Waals surface area contributed by atoms with Gasteiger partial charge in [0.1, 0.15) is 5.75 Å². The first kappa shape index (κ1) is 16.0. The van der Waals surface area contributed by atoms with Gasteiger partial charge < -0.3 is 9.30 Å². The predicted octanol–water partition coefficient (Wildman–Crippen LogP) is 3.90. The van der Waals surface area contributed by atoms with Crippen LogP contribution in [0.2, 0.25) is 0 Å². The van der Waals surface area contributed by atoms with Gasteiger partial charge in [-0.15, -0.1) is 0 Å². The molecule has 0 unspecified atom stereocenters. The Labute approximate surface area is 146 Å². The number of aryl methyl sites for hydroxylation is 1. The Balaban J connectivity index is 1.71. The molecule has 0 saturated heterocycles. The number of nitrogens with zero attached hydrogens (tertiary/aromatic N) is 2.